The normalized spacial score (nSPS) is 13.5. The predicted molar refractivity (Wildman–Crippen MR) is 66.1 cm³/mol. The van der Waals surface area contributed by atoms with Gasteiger partial charge in [0.1, 0.15) is 5.01 Å². The van der Waals surface area contributed by atoms with Gasteiger partial charge in [0.2, 0.25) is 5.91 Å². The second-order valence-electron chi connectivity index (χ2n) is 4.56. The zero-order valence-electron chi connectivity index (χ0n) is 9.99. The van der Waals surface area contributed by atoms with Crippen molar-refractivity contribution in [2.75, 3.05) is 6.54 Å². The highest BCUT2D eigenvalue weighted by molar-refractivity contribution is 7.09. The zero-order chi connectivity index (χ0) is 12.2. The summed E-state index contributed by atoms with van der Waals surface area (Å²) in [5, 5.41) is 5.80. The van der Waals surface area contributed by atoms with Crippen LogP contribution >= 0.6 is 11.3 Å². The second kappa shape index (κ2) is 5.41. The van der Waals surface area contributed by atoms with Gasteiger partial charge in [-0.1, -0.05) is 6.92 Å². The Balaban J connectivity index is 2.56. The molecule has 1 atom stereocenters. The number of nitrogens with zero attached hydrogens (tertiary/aromatic N) is 1. The summed E-state index contributed by atoms with van der Waals surface area (Å²) >= 11 is 1.55. The lowest BCUT2D eigenvalue weighted by atomic mass is 10.0. The molecule has 0 aliphatic rings. The fraction of sp³-hybridized carbons (Fsp3) is 0.636. The maximum absolute atomic E-state index is 11.7. The van der Waals surface area contributed by atoms with E-state index < -0.39 is 5.54 Å². The summed E-state index contributed by atoms with van der Waals surface area (Å²) in [6, 6.07) is 0. The molecule has 0 aromatic carbocycles. The first-order valence-electron chi connectivity index (χ1n) is 5.36. The topological polar surface area (TPSA) is 68.0 Å². The maximum atomic E-state index is 11.7. The molecule has 0 fully saturated rings. The van der Waals surface area contributed by atoms with E-state index in [1.165, 1.54) is 0 Å². The van der Waals surface area contributed by atoms with E-state index >= 15 is 0 Å². The van der Waals surface area contributed by atoms with Crippen molar-refractivity contribution >= 4 is 17.2 Å². The van der Waals surface area contributed by atoms with Crippen molar-refractivity contribution < 1.29 is 4.79 Å². The lowest BCUT2D eigenvalue weighted by Crippen LogP contribution is -2.41. The number of amides is 1. The van der Waals surface area contributed by atoms with E-state index in [0.29, 0.717) is 13.0 Å². The van der Waals surface area contributed by atoms with Crippen molar-refractivity contribution in [3.8, 4) is 0 Å². The van der Waals surface area contributed by atoms with Crippen LogP contribution in [0, 0.1) is 5.92 Å². The number of aromatic nitrogens is 1. The van der Waals surface area contributed by atoms with Gasteiger partial charge in [0.25, 0.3) is 0 Å². The Hall–Kier alpha value is -0.940. The third-order valence-electron chi connectivity index (χ3n) is 2.36. The summed E-state index contributed by atoms with van der Waals surface area (Å²) in [5.41, 5.74) is 5.09. The van der Waals surface area contributed by atoms with Gasteiger partial charge >= 0.3 is 0 Å². The molecule has 1 aromatic rings. The number of hydrogen-bond acceptors (Lipinski definition) is 4. The van der Waals surface area contributed by atoms with E-state index in [2.05, 4.69) is 10.3 Å². The van der Waals surface area contributed by atoms with Gasteiger partial charge in [-0.2, -0.15) is 0 Å². The van der Waals surface area contributed by atoms with Crippen molar-refractivity contribution in [1.29, 1.82) is 0 Å². The summed E-state index contributed by atoms with van der Waals surface area (Å²) in [6.07, 6.45) is 2.21. The molecule has 0 aliphatic carbocycles. The summed E-state index contributed by atoms with van der Waals surface area (Å²) < 4.78 is 0. The lowest BCUT2D eigenvalue weighted by molar-refractivity contribution is -0.123. The molecule has 16 heavy (non-hydrogen) atoms. The number of thiazole rings is 1. The van der Waals surface area contributed by atoms with Gasteiger partial charge in [-0.15, -0.1) is 11.3 Å². The molecule has 1 rings (SSSR count). The van der Waals surface area contributed by atoms with Gasteiger partial charge < -0.3 is 11.1 Å². The zero-order valence-corrected chi connectivity index (χ0v) is 10.8. The summed E-state index contributed by atoms with van der Waals surface area (Å²) in [7, 11) is 0. The highest BCUT2D eigenvalue weighted by Crippen LogP contribution is 2.22. The van der Waals surface area contributed by atoms with E-state index in [1.807, 2.05) is 26.2 Å². The third kappa shape index (κ3) is 3.57. The summed E-state index contributed by atoms with van der Waals surface area (Å²) in [6.45, 7) is 6.41. The minimum atomic E-state index is -0.403. The van der Waals surface area contributed by atoms with Crippen LogP contribution in [0.1, 0.15) is 32.2 Å². The predicted octanol–water partition coefficient (Wildman–Crippen LogP) is 1.48. The summed E-state index contributed by atoms with van der Waals surface area (Å²) in [5.74, 6) is 0.241. The monoisotopic (exact) mass is 241 g/mol. The maximum Gasteiger partial charge on any atom is 0.221 e. The first-order valence-corrected chi connectivity index (χ1v) is 6.24. The molecule has 0 saturated carbocycles. The molecule has 90 valence electrons. The van der Waals surface area contributed by atoms with Crippen LogP contribution < -0.4 is 11.1 Å². The molecule has 0 radical (unpaired) electrons. The van der Waals surface area contributed by atoms with Gasteiger partial charge in [0.15, 0.2) is 0 Å². The Labute approximate surface area is 100 Å². The van der Waals surface area contributed by atoms with Gasteiger partial charge in [-0.25, -0.2) is 4.98 Å². The molecule has 0 aliphatic heterocycles. The minimum absolute atomic E-state index is 0.0261. The largest absolute Gasteiger partial charge is 0.345 e. The number of carbonyl (C=O) groups excluding carboxylic acids is 1. The molecular formula is C11H19N3OS. The van der Waals surface area contributed by atoms with E-state index in [-0.39, 0.29) is 11.8 Å². The Bertz CT molecular complexity index is 335. The van der Waals surface area contributed by atoms with Crippen molar-refractivity contribution in [3.63, 3.8) is 0 Å². The van der Waals surface area contributed by atoms with Crippen LogP contribution in [0.3, 0.4) is 0 Å². The molecular weight excluding hydrogens is 222 g/mol. The van der Waals surface area contributed by atoms with Gasteiger partial charge in [-0.05, 0) is 26.3 Å². The quantitative estimate of drug-likeness (QED) is 0.820. The van der Waals surface area contributed by atoms with Crippen LogP contribution in [0.15, 0.2) is 11.6 Å². The van der Waals surface area contributed by atoms with Gasteiger partial charge in [-0.3, -0.25) is 4.79 Å². The van der Waals surface area contributed by atoms with Crippen LogP contribution in [0.4, 0.5) is 0 Å². The Kier molecular flexibility index (Phi) is 4.44. The van der Waals surface area contributed by atoms with Gasteiger partial charge in [0.05, 0.1) is 5.54 Å². The average molecular weight is 241 g/mol. The Morgan fingerprint density at radius 1 is 1.69 bits per heavy atom. The summed E-state index contributed by atoms with van der Waals surface area (Å²) in [4.78, 5) is 16.0. The lowest BCUT2D eigenvalue weighted by Gasteiger charge is -2.24. The van der Waals surface area contributed by atoms with Crippen molar-refractivity contribution in [3.05, 3.63) is 16.6 Å². The fourth-order valence-corrected chi connectivity index (χ4v) is 2.10. The minimum Gasteiger partial charge on any atom is -0.345 e. The SMILES string of the molecule is CC(CN)CC(=O)NC(C)(C)c1nccs1. The number of nitrogens with two attached hydrogens (primary N) is 1. The number of carbonyl (C=O) groups is 1. The second-order valence-corrected chi connectivity index (χ2v) is 5.45. The highest BCUT2D eigenvalue weighted by Gasteiger charge is 2.25. The van der Waals surface area contributed by atoms with Crippen molar-refractivity contribution in [2.24, 2.45) is 11.7 Å². The molecule has 0 spiro atoms. The molecule has 1 unspecified atom stereocenters. The van der Waals surface area contributed by atoms with E-state index in [0.717, 1.165) is 5.01 Å². The molecule has 5 heteroatoms. The van der Waals surface area contributed by atoms with Crippen molar-refractivity contribution in [2.45, 2.75) is 32.7 Å². The molecule has 1 aromatic heterocycles. The molecule has 1 heterocycles. The fourth-order valence-electron chi connectivity index (χ4n) is 1.38. The molecule has 4 nitrogen and oxygen atoms in total. The highest BCUT2D eigenvalue weighted by atomic mass is 32.1. The van der Waals surface area contributed by atoms with Gasteiger partial charge in [0, 0.05) is 18.0 Å². The molecule has 1 amide bonds. The number of hydrogen-bond donors (Lipinski definition) is 2. The van der Waals surface area contributed by atoms with Crippen LogP contribution in [-0.2, 0) is 10.3 Å². The Morgan fingerprint density at radius 3 is 2.88 bits per heavy atom. The smallest absolute Gasteiger partial charge is 0.221 e. The van der Waals surface area contributed by atoms with Crippen LogP contribution in [0.25, 0.3) is 0 Å². The van der Waals surface area contributed by atoms with Crippen molar-refractivity contribution in [1.82, 2.24) is 10.3 Å². The standard InChI is InChI=1S/C11H19N3OS/c1-8(7-12)6-9(15)14-11(2,3)10-13-4-5-16-10/h4-5,8H,6-7,12H2,1-3H3,(H,14,15). The molecule has 0 saturated heterocycles. The molecule has 0 bridgehead atoms. The first kappa shape index (κ1) is 13.1. The number of nitrogens with one attached hydrogen (secondary N) is 1. The third-order valence-corrected chi connectivity index (χ3v) is 3.45. The average Bonchev–Trinajstić information content (AvgIpc) is 2.69. The van der Waals surface area contributed by atoms with Crippen LogP contribution in [-0.4, -0.2) is 17.4 Å². The van der Waals surface area contributed by atoms with Crippen LogP contribution in [0.5, 0.6) is 0 Å². The first-order chi connectivity index (χ1) is 7.45. The van der Waals surface area contributed by atoms with Crippen LogP contribution in [0.2, 0.25) is 0 Å². The molecule has 3 N–H and O–H groups in total. The van der Waals surface area contributed by atoms with E-state index in [1.54, 1.807) is 17.5 Å². The van der Waals surface area contributed by atoms with E-state index in [4.69, 9.17) is 5.73 Å². The Morgan fingerprint density at radius 2 is 2.38 bits per heavy atom. The number of rotatable bonds is 5. The van der Waals surface area contributed by atoms with E-state index in [9.17, 15) is 4.79 Å².